The fourth-order valence-corrected chi connectivity index (χ4v) is 1.77. The minimum absolute atomic E-state index is 0.366. The summed E-state index contributed by atoms with van der Waals surface area (Å²) in [5.41, 5.74) is 8.50. The van der Waals surface area contributed by atoms with Crippen LogP contribution in [0, 0.1) is 13.8 Å². The van der Waals surface area contributed by atoms with Crippen molar-refractivity contribution in [1.29, 1.82) is 0 Å². The van der Waals surface area contributed by atoms with Crippen molar-refractivity contribution in [2.75, 3.05) is 5.32 Å². The van der Waals surface area contributed by atoms with Gasteiger partial charge in [-0.25, -0.2) is 0 Å². The van der Waals surface area contributed by atoms with Crippen molar-refractivity contribution in [2.24, 2.45) is 5.73 Å². The van der Waals surface area contributed by atoms with Crippen molar-refractivity contribution in [3.63, 3.8) is 0 Å². The number of aromatic nitrogens is 2. The second kappa shape index (κ2) is 5.14. The summed E-state index contributed by atoms with van der Waals surface area (Å²) in [6.07, 6.45) is 0. The molecule has 0 saturated carbocycles. The van der Waals surface area contributed by atoms with Crippen molar-refractivity contribution in [3.8, 4) is 0 Å². The lowest BCUT2D eigenvalue weighted by molar-refractivity contribution is 0.388. The zero-order valence-electron chi connectivity index (χ0n) is 10.2. The van der Waals surface area contributed by atoms with Gasteiger partial charge in [0.05, 0.1) is 6.54 Å². The molecule has 1 aromatic carbocycles. The van der Waals surface area contributed by atoms with Gasteiger partial charge in [-0.3, -0.25) is 0 Å². The molecule has 18 heavy (non-hydrogen) atoms. The number of anilines is 1. The predicted molar refractivity (Wildman–Crippen MR) is 73.4 cm³/mol. The zero-order valence-corrected chi connectivity index (χ0v) is 11.0. The summed E-state index contributed by atoms with van der Waals surface area (Å²) in [7, 11) is 0. The second-order valence-electron chi connectivity index (χ2n) is 4.00. The van der Waals surface area contributed by atoms with Gasteiger partial charge in [-0.1, -0.05) is 29.0 Å². The summed E-state index contributed by atoms with van der Waals surface area (Å²) in [6, 6.07) is 5.88. The number of nitrogens with two attached hydrogens (primary N) is 1. The van der Waals surface area contributed by atoms with Crippen LogP contribution in [0.25, 0.3) is 0 Å². The number of hydrogen-bond donors (Lipinski definition) is 2. The molecule has 94 valence electrons. The maximum atomic E-state index is 5.70. The highest BCUT2D eigenvalue weighted by Crippen LogP contribution is 2.17. The van der Waals surface area contributed by atoms with E-state index in [0.29, 0.717) is 23.2 Å². The van der Waals surface area contributed by atoms with Crippen molar-refractivity contribution in [3.05, 3.63) is 41.0 Å². The molecule has 0 atom stereocenters. The molecule has 5 nitrogen and oxygen atoms in total. The van der Waals surface area contributed by atoms with E-state index in [0.717, 1.165) is 16.8 Å². The Hall–Kier alpha value is -1.95. The fourth-order valence-electron chi connectivity index (χ4n) is 1.60. The van der Waals surface area contributed by atoms with E-state index in [2.05, 4.69) is 15.5 Å². The number of benzene rings is 1. The zero-order chi connectivity index (χ0) is 13.1. The summed E-state index contributed by atoms with van der Waals surface area (Å²) >= 11 is 5.03. The van der Waals surface area contributed by atoms with Crippen LogP contribution in [-0.2, 0) is 6.54 Å². The highest BCUT2D eigenvalue weighted by molar-refractivity contribution is 7.80. The normalized spacial score (nSPS) is 10.3. The molecule has 0 aliphatic carbocycles. The number of hydrogen-bond acceptors (Lipinski definition) is 5. The summed E-state index contributed by atoms with van der Waals surface area (Å²) in [4.78, 5) is 4.48. The first-order valence-electron chi connectivity index (χ1n) is 5.50. The summed E-state index contributed by atoms with van der Waals surface area (Å²) in [6.45, 7) is 4.22. The molecule has 2 aromatic rings. The van der Waals surface area contributed by atoms with Gasteiger partial charge in [0, 0.05) is 18.2 Å². The molecule has 0 unspecified atom stereocenters. The molecule has 0 saturated heterocycles. The number of nitrogens with one attached hydrogen (secondary N) is 1. The molecule has 0 fully saturated rings. The molecule has 1 aromatic heterocycles. The molecule has 2 rings (SSSR count). The van der Waals surface area contributed by atoms with E-state index in [1.807, 2.05) is 25.1 Å². The van der Waals surface area contributed by atoms with E-state index < -0.39 is 0 Å². The first kappa shape index (κ1) is 12.5. The lowest BCUT2D eigenvalue weighted by Crippen LogP contribution is -2.13. The van der Waals surface area contributed by atoms with Crippen LogP contribution in [0.3, 0.4) is 0 Å². The highest BCUT2D eigenvalue weighted by atomic mass is 32.1. The monoisotopic (exact) mass is 262 g/mol. The molecule has 1 heterocycles. The third-order valence-corrected chi connectivity index (χ3v) is 2.67. The van der Waals surface area contributed by atoms with Gasteiger partial charge in [0.2, 0.25) is 5.89 Å². The third kappa shape index (κ3) is 2.84. The Morgan fingerprint density at radius 3 is 2.83 bits per heavy atom. The predicted octanol–water partition coefficient (Wildman–Crippen LogP) is 1.93. The molecular formula is C12H14N4OS. The summed E-state index contributed by atoms with van der Waals surface area (Å²) in [5.74, 6) is 1.15. The van der Waals surface area contributed by atoms with Crippen LogP contribution >= 0.6 is 12.2 Å². The lowest BCUT2D eigenvalue weighted by atomic mass is 10.1. The molecule has 6 heteroatoms. The average Bonchev–Trinajstić information content (AvgIpc) is 2.73. The maximum Gasteiger partial charge on any atom is 0.223 e. The van der Waals surface area contributed by atoms with Gasteiger partial charge in [0.25, 0.3) is 0 Å². The van der Waals surface area contributed by atoms with E-state index in [4.69, 9.17) is 22.5 Å². The van der Waals surface area contributed by atoms with E-state index >= 15 is 0 Å². The Morgan fingerprint density at radius 1 is 1.44 bits per heavy atom. The minimum Gasteiger partial charge on any atom is -0.389 e. The third-order valence-electron chi connectivity index (χ3n) is 2.45. The SMILES string of the molecule is Cc1ccc(NCc2noc(C)n2)c(C(N)=S)c1. The van der Waals surface area contributed by atoms with Crippen molar-refractivity contribution in [1.82, 2.24) is 10.1 Å². The van der Waals surface area contributed by atoms with Gasteiger partial charge in [-0.15, -0.1) is 0 Å². The minimum atomic E-state index is 0.366. The van der Waals surface area contributed by atoms with E-state index in [1.165, 1.54) is 0 Å². The van der Waals surface area contributed by atoms with Crippen LogP contribution in [-0.4, -0.2) is 15.1 Å². The fraction of sp³-hybridized carbons (Fsp3) is 0.250. The quantitative estimate of drug-likeness (QED) is 0.820. The molecule has 0 bridgehead atoms. The molecule has 0 aliphatic heterocycles. The van der Waals surface area contributed by atoms with Crippen LogP contribution in [0.4, 0.5) is 5.69 Å². The molecule has 0 radical (unpaired) electrons. The van der Waals surface area contributed by atoms with Crippen molar-refractivity contribution in [2.45, 2.75) is 20.4 Å². The highest BCUT2D eigenvalue weighted by Gasteiger charge is 2.07. The van der Waals surface area contributed by atoms with Crippen molar-refractivity contribution >= 4 is 22.9 Å². The Bertz CT molecular complexity index is 579. The van der Waals surface area contributed by atoms with Crippen LogP contribution in [0.15, 0.2) is 22.7 Å². The van der Waals surface area contributed by atoms with Gasteiger partial charge in [0.1, 0.15) is 4.99 Å². The second-order valence-corrected chi connectivity index (χ2v) is 4.44. The molecule has 0 aliphatic rings. The van der Waals surface area contributed by atoms with Crippen LogP contribution in [0.1, 0.15) is 22.8 Å². The summed E-state index contributed by atoms with van der Waals surface area (Å²) < 4.78 is 4.90. The molecule has 0 amide bonds. The number of aryl methyl sites for hydroxylation is 2. The first-order chi connectivity index (χ1) is 8.56. The smallest absolute Gasteiger partial charge is 0.223 e. The van der Waals surface area contributed by atoms with Gasteiger partial charge < -0.3 is 15.6 Å². The van der Waals surface area contributed by atoms with Crippen LogP contribution in [0.2, 0.25) is 0 Å². The van der Waals surface area contributed by atoms with Crippen molar-refractivity contribution < 1.29 is 4.52 Å². The Balaban J connectivity index is 2.16. The number of nitrogens with zero attached hydrogens (tertiary/aromatic N) is 2. The Morgan fingerprint density at radius 2 is 2.22 bits per heavy atom. The van der Waals surface area contributed by atoms with Crippen LogP contribution in [0.5, 0.6) is 0 Å². The van der Waals surface area contributed by atoms with Gasteiger partial charge in [0.15, 0.2) is 5.82 Å². The Kier molecular flexibility index (Phi) is 3.57. The topological polar surface area (TPSA) is 77.0 Å². The lowest BCUT2D eigenvalue weighted by Gasteiger charge is -2.10. The summed E-state index contributed by atoms with van der Waals surface area (Å²) in [5, 5.41) is 7.01. The van der Waals surface area contributed by atoms with Gasteiger partial charge >= 0.3 is 0 Å². The Labute approximate surface area is 110 Å². The molecule has 0 spiro atoms. The standard InChI is InChI=1S/C12H14N4OS/c1-7-3-4-10(9(5-7)12(13)18)14-6-11-15-8(2)17-16-11/h3-5,14H,6H2,1-2H3,(H2,13,18). The van der Waals surface area contributed by atoms with E-state index in [9.17, 15) is 0 Å². The number of rotatable bonds is 4. The maximum absolute atomic E-state index is 5.70. The van der Waals surface area contributed by atoms with Crippen LogP contribution < -0.4 is 11.1 Å². The van der Waals surface area contributed by atoms with Gasteiger partial charge in [-0.05, 0) is 19.1 Å². The van der Waals surface area contributed by atoms with E-state index in [-0.39, 0.29) is 0 Å². The average molecular weight is 262 g/mol. The molecular weight excluding hydrogens is 248 g/mol. The molecule has 3 N–H and O–H groups in total. The van der Waals surface area contributed by atoms with Gasteiger partial charge in [-0.2, -0.15) is 4.98 Å². The first-order valence-corrected chi connectivity index (χ1v) is 5.90. The largest absolute Gasteiger partial charge is 0.389 e. The number of thiocarbonyl (C=S) groups is 1. The van der Waals surface area contributed by atoms with E-state index in [1.54, 1.807) is 6.92 Å².